The third-order valence-electron chi connectivity index (χ3n) is 3.57. The van der Waals surface area contributed by atoms with E-state index in [2.05, 4.69) is 15.0 Å². The number of non-ortho nitro benzene ring substituents is 1. The maximum absolute atomic E-state index is 11.6. The van der Waals surface area contributed by atoms with Crippen LogP contribution in [0.5, 0.6) is 0 Å². The molecule has 0 amide bonds. The van der Waals surface area contributed by atoms with Gasteiger partial charge in [0.2, 0.25) is 0 Å². The highest BCUT2D eigenvalue weighted by molar-refractivity contribution is 5.80. The monoisotopic (exact) mass is 315 g/mol. The Bertz CT molecular complexity index is 1010. The van der Waals surface area contributed by atoms with Crippen molar-refractivity contribution in [3.8, 4) is 0 Å². The van der Waals surface area contributed by atoms with E-state index in [1.54, 1.807) is 12.4 Å². The molecule has 2 N–H and O–H groups in total. The van der Waals surface area contributed by atoms with Gasteiger partial charge in [-0.25, -0.2) is 4.98 Å². The molecule has 3 rings (SSSR count). The number of imidazole rings is 1. The van der Waals surface area contributed by atoms with Crippen molar-refractivity contribution in [1.29, 1.82) is 0 Å². The quantitative estimate of drug-likeness (QED) is 0.420. The lowest BCUT2D eigenvalue weighted by atomic mass is 10.1. The highest BCUT2D eigenvalue weighted by atomic mass is 16.6. The summed E-state index contributed by atoms with van der Waals surface area (Å²) in [6.07, 6.45) is 4.10. The third-order valence-corrected chi connectivity index (χ3v) is 3.57. The van der Waals surface area contributed by atoms with E-state index in [9.17, 15) is 19.7 Å². The van der Waals surface area contributed by atoms with Crippen LogP contribution in [0.15, 0.2) is 34.1 Å². The number of nitrogens with zero attached hydrogens (tertiary/aromatic N) is 3. The molecule has 0 fully saturated rings. The molecule has 0 spiro atoms. The van der Waals surface area contributed by atoms with Gasteiger partial charge in [0.05, 0.1) is 22.5 Å². The number of hydrogen-bond donors (Lipinski definition) is 2. The van der Waals surface area contributed by atoms with Crippen molar-refractivity contribution in [2.75, 3.05) is 0 Å². The molecule has 0 saturated carbocycles. The summed E-state index contributed by atoms with van der Waals surface area (Å²) in [4.78, 5) is 42.7. The second kappa shape index (κ2) is 5.52. The molecule has 0 unspecified atom stereocenters. The molecule has 3 aromatic rings. The minimum Gasteiger partial charge on any atom is -0.330 e. The first-order valence-electron chi connectivity index (χ1n) is 6.93. The number of nitro groups is 1. The molecule has 0 bridgehead atoms. The molecule has 9 heteroatoms. The highest BCUT2D eigenvalue weighted by Crippen LogP contribution is 2.22. The predicted octanol–water partition coefficient (Wildman–Crippen LogP) is 0.932. The fourth-order valence-corrected chi connectivity index (χ4v) is 2.49. The molecule has 0 radical (unpaired) electrons. The van der Waals surface area contributed by atoms with Crippen molar-refractivity contribution in [3.05, 3.63) is 66.7 Å². The van der Waals surface area contributed by atoms with Crippen LogP contribution in [0.2, 0.25) is 0 Å². The lowest BCUT2D eigenvalue weighted by molar-refractivity contribution is -0.384. The number of rotatable bonds is 4. The van der Waals surface area contributed by atoms with Crippen molar-refractivity contribution in [2.24, 2.45) is 0 Å². The Morgan fingerprint density at radius 2 is 2.00 bits per heavy atom. The van der Waals surface area contributed by atoms with E-state index < -0.39 is 16.0 Å². The Kier molecular flexibility index (Phi) is 3.53. The molecule has 2 heterocycles. The number of H-pyrrole nitrogens is 2. The van der Waals surface area contributed by atoms with Gasteiger partial charge in [-0.1, -0.05) is 6.92 Å². The number of nitro benzene ring substituents is 1. The molecule has 0 aliphatic carbocycles. The summed E-state index contributed by atoms with van der Waals surface area (Å²) in [5.74, 6) is 0.816. The van der Waals surface area contributed by atoms with Crippen molar-refractivity contribution < 1.29 is 4.92 Å². The summed E-state index contributed by atoms with van der Waals surface area (Å²) < 4.78 is 1.84. The summed E-state index contributed by atoms with van der Waals surface area (Å²) in [5.41, 5.74) is -0.689. The Labute approximate surface area is 128 Å². The van der Waals surface area contributed by atoms with Crippen LogP contribution in [0.3, 0.4) is 0 Å². The van der Waals surface area contributed by atoms with Crippen molar-refractivity contribution in [2.45, 2.75) is 19.9 Å². The van der Waals surface area contributed by atoms with E-state index in [1.165, 1.54) is 12.1 Å². The summed E-state index contributed by atoms with van der Waals surface area (Å²) in [5, 5.41) is 11.1. The fourth-order valence-electron chi connectivity index (χ4n) is 2.49. The molecule has 0 aliphatic heterocycles. The van der Waals surface area contributed by atoms with Crippen LogP contribution in [0.25, 0.3) is 11.0 Å². The smallest absolute Gasteiger partial charge is 0.314 e. The molecule has 0 saturated heterocycles. The van der Waals surface area contributed by atoms with Crippen LogP contribution >= 0.6 is 0 Å². The third kappa shape index (κ3) is 2.63. The Balaban J connectivity index is 2.24. The summed E-state index contributed by atoms with van der Waals surface area (Å²) >= 11 is 0. The first-order valence-corrected chi connectivity index (χ1v) is 6.93. The predicted molar refractivity (Wildman–Crippen MR) is 82.6 cm³/mol. The normalized spacial score (nSPS) is 11.0. The number of benzene rings is 1. The van der Waals surface area contributed by atoms with Gasteiger partial charge >= 0.3 is 11.1 Å². The molecular weight excluding hydrogens is 302 g/mol. The molecule has 2 aromatic heterocycles. The average Bonchev–Trinajstić information content (AvgIpc) is 2.96. The zero-order valence-corrected chi connectivity index (χ0v) is 12.2. The van der Waals surface area contributed by atoms with Crippen LogP contribution in [0, 0.1) is 10.1 Å². The number of aromatic amines is 2. The fraction of sp³-hybridized carbons (Fsp3) is 0.214. The van der Waals surface area contributed by atoms with Crippen molar-refractivity contribution >= 4 is 16.7 Å². The summed E-state index contributed by atoms with van der Waals surface area (Å²) in [7, 11) is 0. The zero-order valence-electron chi connectivity index (χ0n) is 12.2. The Morgan fingerprint density at radius 1 is 1.26 bits per heavy atom. The maximum atomic E-state index is 11.6. The molecule has 0 atom stereocenters. The number of nitrogens with one attached hydrogen (secondary N) is 2. The Morgan fingerprint density at radius 3 is 2.70 bits per heavy atom. The van der Waals surface area contributed by atoms with Gasteiger partial charge in [-0.3, -0.25) is 19.7 Å². The second-order valence-electron chi connectivity index (χ2n) is 5.02. The summed E-state index contributed by atoms with van der Waals surface area (Å²) in [6.45, 7) is 2.24. The number of fused-ring (bicyclic) bond motifs is 1. The van der Waals surface area contributed by atoms with Crippen LogP contribution < -0.4 is 11.1 Å². The van der Waals surface area contributed by atoms with Crippen LogP contribution in [0.4, 0.5) is 5.69 Å². The lowest BCUT2D eigenvalue weighted by Gasteiger charge is -2.09. The highest BCUT2D eigenvalue weighted by Gasteiger charge is 2.15. The second-order valence-corrected chi connectivity index (χ2v) is 5.02. The van der Waals surface area contributed by atoms with E-state index in [1.807, 2.05) is 11.5 Å². The van der Waals surface area contributed by atoms with Crippen LogP contribution in [-0.4, -0.2) is 24.4 Å². The van der Waals surface area contributed by atoms with E-state index in [4.69, 9.17) is 0 Å². The van der Waals surface area contributed by atoms with Gasteiger partial charge < -0.3 is 14.5 Å². The van der Waals surface area contributed by atoms with Gasteiger partial charge in [-0.2, -0.15) is 0 Å². The number of aromatic nitrogens is 4. The molecule has 23 heavy (non-hydrogen) atoms. The van der Waals surface area contributed by atoms with Gasteiger partial charge in [0, 0.05) is 36.5 Å². The topological polar surface area (TPSA) is 127 Å². The first kappa shape index (κ1) is 14.7. The van der Waals surface area contributed by atoms with Gasteiger partial charge in [-0.05, 0) is 0 Å². The minimum absolute atomic E-state index is 0.159. The molecular formula is C14H13N5O4. The minimum atomic E-state index is -0.846. The lowest BCUT2D eigenvalue weighted by Crippen LogP contribution is -2.29. The Hall–Kier alpha value is -3.23. The van der Waals surface area contributed by atoms with Gasteiger partial charge in [0.15, 0.2) is 0 Å². The number of hydrogen-bond acceptors (Lipinski definition) is 5. The first-order chi connectivity index (χ1) is 11.0. The van der Waals surface area contributed by atoms with Gasteiger partial charge in [0.1, 0.15) is 5.82 Å². The maximum Gasteiger partial charge on any atom is 0.314 e. The van der Waals surface area contributed by atoms with E-state index >= 15 is 0 Å². The summed E-state index contributed by atoms with van der Waals surface area (Å²) in [6, 6.07) is 2.61. The molecule has 9 nitrogen and oxygen atoms in total. The largest absolute Gasteiger partial charge is 0.330 e. The average molecular weight is 315 g/mol. The number of aryl methyl sites for hydroxylation is 1. The standard InChI is InChI=1S/C14H13N5O4/c1-2-11-15-3-4-18(11)7-8-5-9(19(22)23)6-10-12(8)17-14(21)13(20)16-10/h3-6H,2,7H2,1H3,(H,16,20)(H,17,21). The van der Waals surface area contributed by atoms with E-state index in [0.29, 0.717) is 24.0 Å². The molecule has 0 aliphatic rings. The van der Waals surface area contributed by atoms with Crippen molar-refractivity contribution in [3.63, 3.8) is 0 Å². The van der Waals surface area contributed by atoms with E-state index in [-0.39, 0.29) is 11.2 Å². The molecule has 118 valence electrons. The molecule has 1 aromatic carbocycles. The van der Waals surface area contributed by atoms with Gasteiger partial charge in [-0.15, -0.1) is 0 Å². The van der Waals surface area contributed by atoms with Crippen LogP contribution in [-0.2, 0) is 13.0 Å². The van der Waals surface area contributed by atoms with Crippen molar-refractivity contribution in [1.82, 2.24) is 19.5 Å². The van der Waals surface area contributed by atoms with E-state index in [0.717, 1.165) is 5.82 Å². The van der Waals surface area contributed by atoms with Gasteiger partial charge in [0.25, 0.3) is 5.69 Å². The SMILES string of the molecule is CCc1nccn1Cc1cc([N+](=O)[O-])cc2[nH]c(=O)c(=O)[nH]c12. The van der Waals surface area contributed by atoms with Crippen LogP contribution in [0.1, 0.15) is 18.3 Å². The zero-order chi connectivity index (χ0) is 16.6.